The van der Waals surface area contributed by atoms with E-state index in [9.17, 15) is 9.90 Å². The van der Waals surface area contributed by atoms with Gasteiger partial charge < -0.3 is 19.3 Å². The Bertz CT molecular complexity index is 1370. The van der Waals surface area contributed by atoms with Crippen LogP contribution in [0, 0.1) is 0 Å². The van der Waals surface area contributed by atoms with Crippen molar-refractivity contribution < 1.29 is 24.1 Å². The Morgan fingerprint density at radius 1 is 0.800 bits per heavy atom. The van der Waals surface area contributed by atoms with Gasteiger partial charge >= 0.3 is 5.97 Å². The molecule has 0 saturated heterocycles. The van der Waals surface area contributed by atoms with E-state index in [2.05, 4.69) is 21.9 Å². The molecule has 0 bridgehead atoms. The SMILES string of the molecule is CCCCOC=C(C)C(=O)OCCCOc1ccc(-c2nc(-c3ccccc3)nc(-c3ccccc3)n2)c(O)c1. The molecule has 8 heteroatoms. The number of hydrogen-bond acceptors (Lipinski definition) is 8. The molecule has 1 aromatic heterocycles. The van der Waals surface area contributed by atoms with E-state index in [0.717, 1.165) is 24.0 Å². The Hall–Kier alpha value is -4.72. The third-order valence-corrected chi connectivity index (χ3v) is 5.90. The number of phenolic OH excluding ortho intramolecular Hbond substituents is 1. The average molecular weight is 540 g/mol. The zero-order valence-corrected chi connectivity index (χ0v) is 22.7. The second-order valence-electron chi connectivity index (χ2n) is 9.08. The van der Waals surface area contributed by atoms with Crippen LogP contribution >= 0.6 is 0 Å². The Kier molecular flexibility index (Phi) is 10.2. The predicted molar refractivity (Wildman–Crippen MR) is 153 cm³/mol. The van der Waals surface area contributed by atoms with Gasteiger partial charge in [0.1, 0.15) is 11.5 Å². The molecule has 4 rings (SSSR count). The molecule has 1 heterocycles. The number of esters is 1. The number of phenols is 1. The minimum absolute atomic E-state index is 0.0167. The molecule has 3 aromatic carbocycles. The van der Waals surface area contributed by atoms with Gasteiger partial charge in [-0.3, -0.25) is 0 Å². The Labute approximate surface area is 234 Å². The number of aromatic nitrogens is 3. The van der Waals surface area contributed by atoms with Gasteiger partial charge in [-0.05, 0) is 25.5 Å². The molecule has 40 heavy (non-hydrogen) atoms. The molecule has 0 atom stereocenters. The minimum Gasteiger partial charge on any atom is -0.507 e. The van der Waals surface area contributed by atoms with Crippen molar-refractivity contribution in [1.29, 1.82) is 0 Å². The quantitative estimate of drug-likeness (QED) is 0.0876. The number of benzene rings is 3. The van der Waals surface area contributed by atoms with Crippen LogP contribution in [0.15, 0.2) is 90.7 Å². The van der Waals surface area contributed by atoms with Gasteiger partial charge in [0.05, 0.1) is 37.2 Å². The second-order valence-corrected chi connectivity index (χ2v) is 9.08. The van der Waals surface area contributed by atoms with E-state index < -0.39 is 5.97 Å². The van der Waals surface area contributed by atoms with Crippen molar-refractivity contribution in [1.82, 2.24) is 15.0 Å². The molecule has 0 aliphatic heterocycles. The first-order valence-corrected chi connectivity index (χ1v) is 13.3. The topological polar surface area (TPSA) is 104 Å². The average Bonchev–Trinajstić information content (AvgIpc) is 2.99. The number of carbonyl (C=O) groups is 1. The van der Waals surface area contributed by atoms with E-state index in [0.29, 0.717) is 54.0 Å². The van der Waals surface area contributed by atoms with Gasteiger partial charge in [-0.25, -0.2) is 19.7 Å². The number of nitrogens with zero attached hydrogens (tertiary/aromatic N) is 3. The van der Waals surface area contributed by atoms with Crippen molar-refractivity contribution in [2.75, 3.05) is 19.8 Å². The Balaban J connectivity index is 1.40. The molecule has 0 spiro atoms. The van der Waals surface area contributed by atoms with Crippen molar-refractivity contribution in [2.24, 2.45) is 0 Å². The van der Waals surface area contributed by atoms with E-state index in [1.165, 1.54) is 12.3 Å². The molecular weight excluding hydrogens is 506 g/mol. The molecule has 0 radical (unpaired) electrons. The van der Waals surface area contributed by atoms with Crippen LogP contribution in [0.2, 0.25) is 0 Å². The summed E-state index contributed by atoms with van der Waals surface area (Å²) < 4.78 is 16.3. The molecule has 4 aromatic rings. The lowest BCUT2D eigenvalue weighted by Gasteiger charge is -2.11. The van der Waals surface area contributed by atoms with Crippen molar-refractivity contribution in [2.45, 2.75) is 33.1 Å². The molecule has 0 aliphatic rings. The van der Waals surface area contributed by atoms with Crippen LogP contribution in [0.5, 0.6) is 11.5 Å². The fraction of sp³-hybridized carbons (Fsp3) is 0.250. The number of unbranched alkanes of at least 4 members (excludes halogenated alkanes) is 1. The van der Waals surface area contributed by atoms with Gasteiger partial charge in [-0.2, -0.15) is 0 Å². The fourth-order valence-corrected chi connectivity index (χ4v) is 3.71. The highest BCUT2D eigenvalue weighted by molar-refractivity contribution is 5.87. The number of ether oxygens (including phenoxy) is 3. The first kappa shape index (κ1) is 28.3. The third kappa shape index (κ3) is 7.89. The van der Waals surface area contributed by atoms with E-state index >= 15 is 0 Å². The van der Waals surface area contributed by atoms with Crippen LogP contribution in [-0.2, 0) is 14.3 Å². The lowest BCUT2D eigenvalue weighted by molar-refractivity contribution is -0.139. The van der Waals surface area contributed by atoms with Crippen LogP contribution in [0.4, 0.5) is 0 Å². The fourth-order valence-electron chi connectivity index (χ4n) is 3.71. The monoisotopic (exact) mass is 539 g/mol. The highest BCUT2D eigenvalue weighted by Crippen LogP contribution is 2.32. The molecule has 1 N–H and O–H groups in total. The zero-order valence-electron chi connectivity index (χ0n) is 22.7. The molecule has 0 aliphatic carbocycles. The summed E-state index contributed by atoms with van der Waals surface area (Å²) in [5.74, 6) is 1.42. The molecule has 0 saturated carbocycles. The lowest BCUT2D eigenvalue weighted by atomic mass is 10.1. The summed E-state index contributed by atoms with van der Waals surface area (Å²) in [6.45, 7) is 4.83. The highest BCUT2D eigenvalue weighted by atomic mass is 16.5. The predicted octanol–water partition coefficient (Wildman–Crippen LogP) is 6.61. The number of carbonyl (C=O) groups excluding carboxylic acids is 1. The minimum atomic E-state index is -0.416. The molecule has 0 amide bonds. The van der Waals surface area contributed by atoms with E-state index in [1.807, 2.05) is 60.7 Å². The largest absolute Gasteiger partial charge is 0.507 e. The summed E-state index contributed by atoms with van der Waals surface area (Å²) in [5, 5.41) is 10.8. The first-order chi connectivity index (χ1) is 19.5. The Morgan fingerprint density at radius 3 is 2.02 bits per heavy atom. The van der Waals surface area contributed by atoms with Gasteiger partial charge in [-0.1, -0.05) is 74.0 Å². The summed E-state index contributed by atoms with van der Waals surface area (Å²) >= 11 is 0. The van der Waals surface area contributed by atoms with E-state index in [-0.39, 0.29) is 12.4 Å². The Morgan fingerprint density at radius 2 is 1.43 bits per heavy atom. The number of rotatable bonds is 13. The normalized spacial score (nSPS) is 11.2. The van der Waals surface area contributed by atoms with E-state index in [4.69, 9.17) is 14.2 Å². The molecule has 8 nitrogen and oxygen atoms in total. The lowest BCUT2D eigenvalue weighted by Crippen LogP contribution is -2.10. The summed E-state index contributed by atoms with van der Waals surface area (Å²) in [6, 6.07) is 24.3. The summed E-state index contributed by atoms with van der Waals surface area (Å²) in [5.41, 5.74) is 2.57. The van der Waals surface area contributed by atoms with Crippen LogP contribution in [0.25, 0.3) is 34.2 Å². The smallest absolute Gasteiger partial charge is 0.336 e. The van der Waals surface area contributed by atoms with Crippen molar-refractivity contribution >= 4 is 5.97 Å². The van der Waals surface area contributed by atoms with Gasteiger partial charge in [0.15, 0.2) is 17.5 Å². The molecule has 206 valence electrons. The molecular formula is C32H33N3O5. The summed E-state index contributed by atoms with van der Waals surface area (Å²) in [4.78, 5) is 26.0. The van der Waals surface area contributed by atoms with Crippen molar-refractivity contribution in [3.8, 4) is 45.7 Å². The van der Waals surface area contributed by atoms with Crippen LogP contribution in [-0.4, -0.2) is 45.8 Å². The summed E-state index contributed by atoms with van der Waals surface area (Å²) in [7, 11) is 0. The van der Waals surface area contributed by atoms with Crippen molar-refractivity contribution in [3.63, 3.8) is 0 Å². The van der Waals surface area contributed by atoms with Gasteiger partial charge in [-0.15, -0.1) is 0 Å². The maximum atomic E-state index is 12.0. The van der Waals surface area contributed by atoms with Crippen LogP contribution < -0.4 is 4.74 Å². The van der Waals surface area contributed by atoms with Gasteiger partial charge in [0, 0.05) is 23.6 Å². The van der Waals surface area contributed by atoms with Crippen LogP contribution in [0.1, 0.15) is 33.1 Å². The number of hydrogen-bond donors (Lipinski definition) is 1. The molecule has 0 unspecified atom stereocenters. The first-order valence-electron chi connectivity index (χ1n) is 13.3. The van der Waals surface area contributed by atoms with Gasteiger partial charge in [0.2, 0.25) is 0 Å². The highest BCUT2D eigenvalue weighted by Gasteiger charge is 2.15. The van der Waals surface area contributed by atoms with Gasteiger partial charge in [0.25, 0.3) is 0 Å². The second kappa shape index (κ2) is 14.4. The van der Waals surface area contributed by atoms with Crippen molar-refractivity contribution in [3.05, 3.63) is 90.7 Å². The van der Waals surface area contributed by atoms with Crippen LogP contribution in [0.3, 0.4) is 0 Å². The summed E-state index contributed by atoms with van der Waals surface area (Å²) in [6.07, 6.45) is 3.90. The zero-order chi connectivity index (χ0) is 28.2. The molecule has 0 fully saturated rings. The van der Waals surface area contributed by atoms with E-state index in [1.54, 1.807) is 19.1 Å². The maximum Gasteiger partial charge on any atom is 0.336 e. The standard InChI is InChI=1S/C32H33N3O5/c1-3-4-18-38-22-23(2)32(37)40-20-11-19-39-26-16-17-27(28(36)21-26)31-34-29(24-12-7-5-8-13-24)33-30(35-31)25-14-9-6-10-15-25/h5-10,12-17,21-22,36H,3-4,11,18-20H2,1-2H3. The third-order valence-electron chi connectivity index (χ3n) is 5.90. The maximum absolute atomic E-state index is 12.0. The number of aromatic hydroxyl groups is 1.